The summed E-state index contributed by atoms with van der Waals surface area (Å²) in [7, 11) is -1.87. The minimum atomic E-state index is -3.99. The minimum Gasteiger partial charge on any atom is -0.478 e. The lowest BCUT2D eigenvalue weighted by molar-refractivity contribution is 0.0696. The monoisotopic (exact) mass is 471 g/mol. The van der Waals surface area contributed by atoms with Crippen LogP contribution in [0.4, 0.5) is 11.4 Å². The Morgan fingerprint density at radius 1 is 1.12 bits per heavy atom. The van der Waals surface area contributed by atoms with Crippen molar-refractivity contribution in [2.75, 3.05) is 30.2 Å². The van der Waals surface area contributed by atoms with Crippen molar-refractivity contribution in [3.8, 4) is 0 Å². The zero-order chi connectivity index (χ0) is 23.6. The lowest BCUT2D eigenvalue weighted by Crippen LogP contribution is -2.27. The molecule has 1 heterocycles. The van der Waals surface area contributed by atoms with Crippen molar-refractivity contribution in [2.45, 2.75) is 62.3 Å². The van der Waals surface area contributed by atoms with Crippen LogP contribution in [-0.4, -0.2) is 50.6 Å². The Kier molecular flexibility index (Phi) is 6.95. The van der Waals surface area contributed by atoms with Gasteiger partial charge in [0, 0.05) is 12.6 Å². The third-order valence-corrected chi connectivity index (χ3v) is 8.43. The van der Waals surface area contributed by atoms with Crippen LogP contribution in [0.2, 0.25) is 0 Å². The molecule has 0 spiro atoms. The number of aryl methyl sites for hydroxylation is 1. The summed E-state index contributed by atoms with van der Waals surface area (Å²) in [5.74, 6) is -1.03. The van der Waals surface area contributed by atoms with Crippen molar-refractivity contribution in [3.63, 3.8) is 0 Å². The summed E-state index contributed by atoms with van der Waals surface area (Å²) in [5.41, 5.74) is 2.46. The van der Waals surface area contributed by atoms with Gasteiger partial charge in [-0.15, -0.1) is 0 Å². The number of hydrogen-bond donors (Lipinski definition) is 3. The van der Waals surface area contributed by atoms with E-state index < -0.39 is 16.0 Å². The average molecular weight is 472 g/mol. The van der Waals surface area contributed by atoms with E-state index >= 15 is 0 Å². The second-order valence-corrected chi connectivity index (χ2v) is 10.9. The molecule has 2 aromatic carbocycles. The summed E-state index contributed by atoms with van der Waals surface area (Å²) in [4.78, 5) is 14.6. The van der Waals surface area contributed by atoms with Gasteiger partial charge in [0.25, 0.3) is 10.0 Å². The number of aromatic carboxylic acids is 1. The Balaban J connectivity index is 1.59. The Morgan fingerprint density at radius 3 is 2.64 bits per heavy atom. The molecule has 1 unspecified atom stereocenters. The molecule has 33 heavy (non-hydrogen) atoms. The topological polar surface area (TPSA) is 98.7 Å². The van der Waals surface area contributed by atoms with Gasteiger partial charge in [-0.2, -0.15) is 0 Å². The normalized spacial score (nSPS) is 20.9. The van der Waals surface area contributed by atoms with Crippen LogP contribution < -0.4 is 10.0 Å². The van der Waals surface area contributed by atoms with E-state index in [2.05, 4.69) is 22.0 Å². The Labute approximate surface area is 196 Å². The van der Waals surface area contributed by atoms with E-state index in [1.165, 1.54) is 6.42 Å². The minimum absolute atomic E-state index is 0.0676. The predicted molar refractivity (Wildman–Crippen MR) is 131 cm³/mol. The van der Waals surface area contributed by atoms with Gasteiger partial charge in [-0.1, -0.05) is 25.1 Å². The standard InChI is InChI=1S/C25H33N3O4S/c1-17-7-5-8-18-12-13-21(24(23(17)18)25(29)30)27-33(31,32)22-11-4-3-10-20(22)26-15-14-19-9-6-16-28(19)2/h3-4,10-13,17,19,26-27H,5-9,14-16H2,1-2H3,(H,29,30)/t17-,19?/m0/s1. The van der Waals surface area contributed by atoms with E-state index in [4.69, 9.17) is 0 Å². The highest BCUT2D eigenvalue weighted by Gasteiger charge is 2.28. The number of carbonyl (C=O) groups is 1. The fraction of sp³-hybridized carbons (Fsp3) is 0.480. The van der Waals surface area contributed by atoms with E-state index in [0.29, 0.717) is 18.3 Å². The maximum absolute atomic E-state index is 13.4. The first-order valence-electron chi connectivity index (χ1n) is 11.7. The third-order valence-electron chi connectivity index (χ3n) is 7.01. The first-order chi connectivity index (χ1) is 15.8. The molecule has 1 saturated heterocycles. The van der Waals surface area contributed by atoms with E-state index in [-0.39, 0.29) is 22.1 Å². The molecule has 2 aromatic rings. The molecule has 0 amide bonds. The molecule has 0 radical (unpaired) electrons. The second-order valence-electron chi connectivity index (χ2n) is 9.25. The zero-order valence-corrected chi connectivity index (χ0v) is 20.1. The number of carboxylic acids is 1. The summed E-state index contributed by atoms with van der Waals surface area (Å²) in [6.45, 7) is 3.77. The quantitative estimate of drug-likeness (QED) is 0.524. The van der Waals surface area contributed by atoms with Gasteiger partial charge in [0.2, 0.25) is 0 Å². The molecule has 1 aliphatic carbocycles. The number of nitrogens with one attached hydrogen (secondary N) is 2. The van der Waals surface area contributed by atoms with Gasteiger partial charge in [-0.25, -0.2) is 13.2 Å². The van der Waals surface area contributed by atoms with Crippen molar-refractivity contribution < 1.29 is 18.3 Å². The lowest BCUT2D eigenvalue weighted by Gasteiger charge is -2.26. The van der Waals surface area contributed by atoms with Crippen LogP contribution in [0.3, 0.4) is 0 Å². The SMILES string of the molecule is C[C@H]1CCCc2ccc(NS(=O)(=O)c3ccccc3NCCC3CCCN3C)c(C(=O)O)c21. The molecule has 1 fully saturated rings. The van der Waals surface area contributed by atoms with Gasteiger partial charge in [-0.3, -0.25) is 4.72 Å². The van der Waals surface area contributed by atoms with E-state index in [0.717, 1.165) is 49.8 Å². The number of rotatable bonds is 8. The van der Waals surface area contributed by atoms with Gasteiger partial charge < -0.3 is 15.3 Å². The molecule has 178 valence electrons. The number of hydrogen-bond acceptors (Lipinski definition) is 5. The summed E-state index contributed by atoms with van der Waals surface area (Å²) in [6, 6.07) is 10.7. The zero-order valence-electron chi connectivity index (χ0n) is 19.3. The molecule has 2 aliphatic rings. The van der Waals surface area contributed by atoms with Crippen LogP contribution in [0.15, 0.2) is 41.3 Å². The van der Waals surface area contributed by atoms with Gasteiger partial charge in [-0.05, 0) is 87.4 Å². The smallest absolute Gasteiger partial charge is 0.338 e. The first kappa shape index (κ1) is 23.6. The predicted octanol–water partition coefficient (Wildman–Crippen LogP) is 4.52. The summed E-state index contributed by atoms with van der Waals surface area (Å²) < 4.78 is 29.3. The van der Waals surface area contributed by atoms with Crippen molar-refractivity contribution in [1.29, 1.82) is 0 Å². The van der Waals surface area contributed by atoms with Crippen molar-refractivity contribution in [2.24, 2.45) is 0 Å². The molecule has 8 heteroatoms. The number of para-hydroxylation sites is 1. The highest BCUT2D eigenvalue weighted by molar-refractivity contribution is 7.92. The van der Waals surface area contributed by atoms with E-state index in [1.54, 1.807) is 30.3 Å². The first-order valence-corrected chi connectivity index (χ1v) is 13.2. The van der Waals surface area contributed by atoms with Crippen molar-refractivity contribution in [1.82, 2.24) is 4.90 Å². The molecule has 0 aromatic heterocycles. The van der Waals surface area contributed by atoms with Gasteiger partial charge in [0.1, 0.15) is 4.90 Å². The fourth-order valence-corrected chi connectivity index (χ4v) is 6.52. The second kappa shape index (κ2) is 9.73. The van der Waals surface area contributed by atoms with Crippen LogP contribution in [-0.2, 0) is 16.4 Å². The maximum Gasteiger partial charge on any atom is 0.338 e. The van der Waals surface area contributed by atoms with Gasteiger partial charge in [0.05, 0.1) is 16.9 Å². The molecule has 0 bridgehead atoms. The molecule has 4 rings (SSSR count). The number of benzene rings is 2. The van der Waals surface area contributed by atoms with Crippen LogP contribution >= 0.6 is 0 Å². The Hall–Kier alpha value is -2.58. The summed E-state index contributed by atoms with van der Waals surface area (Å²) in [6.07, 6.45) is 6.01. The molecule has 7 nitrogen and oxygen atoms in total. The number of nitrogens with zero attached hydrogens (tertiary/aromatic N) is 1. The molecule has 2 atom stereocenters. The average Bonchev–Trinajstić information content (AvgIpc) is 3.18. The fourth-order valence-electron chi connectivity index (χ4n) is 5.27. The largest absolute Gasteiger partial charge is 0.478 e. The number of sulfonamides is 1. The van der Waals surface area contributed by atoms with E-state index in [1.807, 2.05) is 13.0 Å². The molecular weight excluding hydrogens is 438 g/mol. The van der Waals surface area contributed by atoms with Crippen LogP contribution in [0.5, 0.6) is 0 Å². The third kappa shape index (κ3) is 5.01. The number of fused-ring (bicyclic) bond motifs is 1. The Bertz CT molecular complexity index is 1130. The lowest BCUT2D eigenvalue weighted by atomic mass is 9.80. The van der Waals surface area contributed by atoms with Crippen LogP contribution in [0, 0.1) is 0 Å². The van der Waals surface area contributed by atoms with Crippen LogP contribution in [0.1, 0.15) is 66.4 Å². The molecule has 1 aliphatic heterocycles. The highest BCUT2D eigenvalue weighted by atomic mass is 32.2. The van der Waals surface area contributed by atoms with Gasteiger partial charge in [0.15, 0.2) is 0 Å². The number of anilines is 2. The van der Waals surface area contributed by atoms with E-state index in [9.17, 15) is 18.3 Å². The number of carboxylic acid groups (broad SMARTS) is 1. The molecular formula is C25H33N3O4S. The van der Waals surface area contributed by atoms with Crippen LogP contribution in [0.25, 0.3) is 0 Å². The molecule has 3 N–H and O–H groups in total. The Morgan fingerprint density at radius 2 is 1.91 bits per heavy atom. The van der Waals surface area contributed by atoms with Gasteiger partial charge >= 0.3 is 5.97 Å². The number of likely N-dealkylation sites (tertiary alicyclic amines) is 1. The van der Waals surface area contributed by atoms with Crippen molar-refractivity contribution >= 4 is 27.4 Å². The van der Waals surface area contributed by atoms with Crippen molar-refractivity contribution in [3.05, 3.63) is 53.1 Å². The summed E-state index contributed by atoms with van der Waals surface area (Å²) >= 11 is 0. The highest BCUT2D eigenvalue weighted by Crippen LogP contribution is 2.38. The molecule has 0 saturated carbocycles. The maximum atomic E-state index is 13.4. The summed E-state index contributed by atoms with van der Waals surface area (Å²) in [5, 5.41) is 13.2.